The van der Waals surface area contributed by atoms with Gasteiger partial charge in [-0.2, -0.15) is 5.10 Å². The monoisotopic (exact) mass is 327 g/mol. The molecule has 0 spiro atoms. The van der Waals surface area contributed by atoms with Crippen LogP contribution < -0.4 is 0 Å². The van der Waals surface area contributed by atoms with Crippen LogP contribution in [0.4, 0.5) is 0 Å². The molecule has 3 aromatic heterocycles. The van der Waals surface area contributed by atoms with Gasteiger partial charge in [-0.05, 0) is 39.0 Å². The number of hydrogen-bond donors (Lipinski definition) is 0. The first-order valence-electron chi connectivity index (χ1n) is 7.56. The molecule has 24 heavy (non-hydrogen) atoms. The number of nitrogens with zero attached hydrogens (tertiary/aromatic N) is 3. The van der Waals surface area contributed by atoms with E-state index >= 15 is 0 Å². The van der Waals surface area contributed by atoms with Gasteiger partial charge in [0.25, 0.3) is 0 Å². The molecule has 0 aromatic carbocycles. The zero-order valence-corrected chi connectivity index (χ0v) is 13.6. The van der Waals surface area contributed by atoms with E-state index in [0.29, 0.717) is 28.1 Å². The van der Waals surface area contributed by atoms with Crippen molar-refractivity contribution >= 4 is 22.8 Å². The Balaban J connectivity index is 2.15. The lowest BCUT2D eigenvalue weighted by Gasteiger charge is -2.09. The minimum atomic E-state index is -0.589. The average molecular weight is 327 g/mol. The summed E-state index contributed by atoms with van der Waals surface area (Å²) < 4.78 is 12.2. The summed E-state index contributed by atoms with van der Waals surface area (Å²) in [6.07, 6.45) is 3.12. The molecule has 7 heteroatoms. The number of aromatic nitrogens is 3. The summed E-state index contributed by atoms with van der Waals surface area (Å²) in [7, 11) is 0. The first-order valence-corrected chi connectivity index (χ1v) is 7.56. The minimum Gasteiger partial charge on any atom is -0.463 e. The lowest BCUT2D eigenvalue weighted by atomic mass is 10.1. The number of ketones is 1. The summed E-state index contributed by atoms with van der Waals surface area (Å²) in [6, 6.07) is 5.17. The van der Waals surface area contributed by atoms with E-state index in [1.807, 2.05) is 13.8 Å². The van der Waals surface area contributed by atoms with E-state index in [2.05, 4.69) is 10.1 Å². The summed E-state index contributed by atoms with van der Waals surface area (Å²) >= 11 is 0. The number of furan rings is 1. The molecule has 7 nitrogen and oxygen atoms in total. The van der Waals surface area contributed by atoms with E-state index in [1.54, 1.807) is 29.1 Å². The van der Waals surface area contributed by atoms with Crippen molar-refractivity contribution in [3.05, 3.63) is 36.2 Å². The fraction of sp³-hybridized carbons (Fsp3) is 0.294. The van der Waals surface area contributed by atoms with Gasteiger partial charge in [0.1, 0.15) is 12.3 Å². The number of carbonyl (C=O) groups is 2. The van der Waals surface area contributed by atoms with Crippen LogP contribution in [-0.4, -0.2) is 33.1 Å². The van der Waals surface area contributed by atoms with Gasteiger partial charge >= 0.3 is 5.97 Å². The fourth-order valence-corrected chi connectivity index (χ4v) is 2.36. The molecule has 0 unspecified atom stereocenters. The molecule has 0 aliphatic heterocycles. The lowest BCUT2D eigenvalue weighted by molar-refractivity contribution is -0.120. The highest BCUT2D eigenvalue weighted by molar-refractivity contribution is 6.04. The van der Waals surface area contributed by atoms with Crippen LogP contribution in [0.25, 0.3) is 22.5 Å². The maximum atomic E-state index is 12.4. The second kappa shape index (κ2) is 6.27. The second-order valence-corrected chi connectivity index (χ2v) is 5.73. The Bertz CT molecular complexity index is 894. The lowest BCUT2D eigenvalue weighted by Crippen LogP contribution is -2.12. The zero-order valence-electron chi connectivity index (χ0n) is 13.6. The Morgan fingerprint density at radius 1 is 1.38 bits per heavy atom. The van der Waals surface area contributed by atoms with Crippen molar-refractivity contribution in [1.82, 2.24) is 14.8 Å². The number of pyridine rings is 1. The quantitative estimate of drug-likeness (QED) is 0.669. The second-order valence-electron chi connectivity index (χ2n) is 5.73. The topological polar surface area (TPSA) is 87.2 Å². The number of esters is 1. The van der Waals surface area contributed by atoms with Crippen LogP contribution >= 0.6 is 0 Å². The van der Waals surface area contributed by atoms with Crippen molar-refractivity contribution in [3.63, 3.8) is 0 Å². The van der Waals surface area contributed by atoms with Gasteiger partial charge in [-0.15, -0.1) is 0 Å². The van der Waals surface area contributed by atoms with Crippen LogP contribution in [0.15, 0.2) is 35.1 Å². The first kappa shape index (κ1) is 15.9. The molecule has 3 aromatic rings. The molecule has 0 atom stereocenters. The predicted octanol–water partition coefficient (Wildman–Crippen LogP) is 3.02. The molecule has 0 aliphatic rings. The average Bonchev–Trinajstić information content (AvgIpc) is 3.20. The van der Waals surface area contributed by atoms with Gasteiger partial charge in [0.05, 0.1) is 23.4 Å². The maximum absolute atomic E-state index is 12.4. The van der Waals surface area contributed by atoms with Gasteiger partial charge in [-0.25, -0.2) is 14.5 Å². The summed E-state index contributed by atoms with van der Waals surface area (Å²) in [5, 5.41) is 4.88. The van der Waals surface area contributed by atoms with Crippen LogP contribution in [0.1, 0.15) is 37.2 Å². The van der Waals surface area contributed by atoms with Crippen molar-refractivity contribution < 1.29 is 18.7 Å². The number of ether oxygens (including phenoxy) is 1. The molecule has 0 amide bonds. The van der Waals surface area contributed by atoms with Gasteiger partial charge < -0.3 is 9.15 Å². The molecular weight excluding hydrogens is 310 g/mol. The van der Waals surface area contributed by atoms with Crippen LogP contribution in [0.2, 0.25) is 0 Å². The molecule has 0 N–H and O–H groups in total. The van der Waals surface area contributed by atoms with Gasteiger partial charge in [0.2, 0.25) is 0 Å². The Morgan fingerprint density at radius 3 is 2.79 bits per heavy atom. The Kier molecular flexibility index (Phi) is 4.16. The first-order chi connectivity index (χ1) is 11.5. The number of fused-ring (bicyclic) bond motifs is 1. The standard InChI is InChI=1S/C17H17N3O4/c1-10(2)20-16-13(8-18-20)12(17(22)24-9-11(3)21)7-14(19-16)15-5-4-6-23-15/h4-8,10H,9H2,1-3H3. The molecule has 3 heterocycles. The normalized spacial score (nSPS) is 11.2. The third-order valence-electron chi connectivity index (χ3n) is 3.46. The van der Waals surface area contributed by atoms with E-state index in [-0.39, 0.29) is 18.4 Å². The van der Waals surface area contributed by atoms with Crippen molar-refractivity contribution in [2.24, 2.45) is 0 Å². The molecule has 0 radical (unpaired) electrons. The molecule has 0 saturated carbocycles. The highest BCUT2D eigenvalue weighted by Crippen LogP contribution is 2.27. The Morgan fingerprint density at radius 2 is 2.17 bits per heavy atom. The van der Waals surface area contributed by atoms with Gasteiger partial charge in [0, 0.05) is 6.04 Å². The summed E-state index contributed by atoms with van der Waals surface area (Å²) in [4.78, 5) is 28.0. The highest BCUT2D eigenvalue weighted by atomic mass is 16.5. The number of hydrogen-bond acceptors (Lipinski definition) is 6. The molecular formula is C17H17N3O4. The third kappa shape index (κ3) is 2.92. The third-order valence-corrected chi connectivity index (χ3v) is 3.46. The van der Waals surface area contributed by atoms with Crippen molar-refractivity contribution in [2.75, 3.05) is 6.61 Å². The number of rotatable bonds is 5. The minimum absolute atomic E-state index is 0.0722. The van der Waals surface area contributed by atoms with Crippen LogP contribution in [-0.2, 0) is 9.53 Å². The van der Waals surface area contributed by atoms with E-state index in [1.165, 1.54) is 13.2 Å². The predicted molar refractivity (Wildman–Crippen MR) is 86.6 cm³/mol. The highest BCUT2D eigenvalue weighted by Gasteiger charge is 2.20. The number of carbonyl (C=O) groups excluding carboxylic acids is 2. The largest absolute Gasteiger partial charge is 0.463 e. The molecule has 0 bridgehead atoms. The van der Waals surface area contributed by atoms with Crippen LogP contribution in [0.3, 0.4) is 0 Å². The van der Waals surface area contributed by atoms with Crippen molar-refractivity contribution in [3.8, 4) is 11.5 Å². The Hall–Kier alpha value is -2.96. The summed E-state index contributed by atoms with van der Waals surface area (Å²) in [5.41, 5.74) is 1.37. The van der Waals surface area contributed by atoms with E-state index in [0.717, 1.165) is 0 Å². The molecule has 124 valence electrons. The molecule has 3 rings (SSSR count). The maximum Gasteiger partial charge on any atom is 0.339 e. The van der Waals surface area contributed by atoms with Gasteiger partial charge in [-0.1, -0.05) is 0 Å². The number of Topliss-reactive ketones (excluding diaryl/α,β-unsaturated/α-hetero) is 1. The smallest absolute Gasteiger partial charge is 0.339 e. The van der Waals surface area contributed by atoms with Crippen LogP contribution in [0.5, 0.6) is 0 Å². The summed E-state index contributed by atoms with van der Waals surface area (Å²) in [5.74, 6) is -0.277. The van der Waals surface area contributed by atoms with Crippen molar-refractivity contribution in [1.29, 1.82) is 0 Å². The fourth-order valence-electron chi connectivity index (χ4n) is 2.36. The van der Waals surface area contributed by atoms with E-state index < -0.39 is 5.97 Å². The molecule has 0 saturated heterocycles. The zero-order chi connectivity index (χ0) is 17.3. The van der Waals surface area contributed by atoms with E-state index in [4.69, 9.17) is 9.15 Å². The SMILES string of the molecule is CC(=O)COC(=O)c1cc(-c2ccco2)nc2c1cnn2C(C)C. The van der Waals surface area contributed by atoms with Crippen LogP contribution in [0, 0.1) is 0 Å². The summed E-state index contributed by atoms with van der Waals surface area (Å²) in [6.45, 7) is 5.04. The van der Waals surface area contributed by atoms with E-state index in [9.17, 15) is 9.59 Å². The van der Waals surface area contributed by atoms with Gasteiger partial charge in [-0.3, -0.25) is 4.79 Å². The molecule has 0 fully saturated rings. The van der Waals surface area contributed by atoms with Crippen molar-refractivity contribution in [2.45, 2.75) is 26.8 Å². The molecule has 0 aliphatic carbocycles. The van der Waals surface area contributed by atoms with Gasteiger partial charge in [0.15, 0.2) is 17.2 Å². The Labute approximate surface area is 138 Å².